The van der Waals surface area contributed by atoms with E-state index >= 15 is 0 Å². The first kappa shape index (κ1) is 15.1. The number of carbonyl (C=O) groups is 1. The number of amides is 1. The molecular weight excluding hydrogens is 248 g/mol. The fourth-order valence-corrected chi connectivity index (χ4v) is 2.79. The fraction of sp³-hybridized carbons (Fsp3) is 0.615. The maximum Gasteiger partial charge on any atom is 0.249 e. The average Bonchev–Trinajstić information content (AvgIpc) is 2.79. The summed E-state index contributed by atoms with van der Waals surface area (Å²) in [4.78, 5) is 12.0. The van der Waals surface area contributed by atoms with Crippen LogP contribution in [0.1, 0.15) is 41.9 Å². The van der Waals surface area contributed by atoms with E-state index in [0.717, 1.165) is 17.7 Å². The Balaban J connectivity index is 2.34. The van der Waals surface area contributed by atoms with Crippen molar-refractivity contribution in [1.82, 2.24) is 5.32 Å². The number of aliphatic hydroxyl groups is 1. The predicted molar refractivity (Wildman–Crippen MR) is 74.6 cm³/mol. The van der Waals surface area contributed by atoms with Crippen LogP contribution in [0.3, 0.4) is 0 Å². The lowest BCUT2D eigenvalue weighted by atomic mass is 9.96. The van der Waals surface area contributed by atoms with Gasteiger partial charge in [-0.15, -0.1) is 11.3 Å². The first-order chi connectivity index (χ1) is 8.58. The Hall–Kier alpha value is -0.910. The first-order valence-corrected chi connectivity index (χ1v) is 7.22. The van der Waals surface area contributed by atoms with Crippen LogP contribution in [0.2, 0.25) is 0 Å². The second-order valence-electron chi connectivity index (χ2n) is 4.44. The van der Waals surface area contributed by atoms with Gasteiger partial charge < -0.3 is 16.2 Å². The van der Waals surface area contributed by atoms with Crippen molar-refractivity contribution in [3.63, 3.8) is 0 Å². The summed E-state index contributed by atoms with van der Waals surface area (Å²) in [7, 11) is 0. The molecule has 0 aromatic carbocycles. The molecule has 1 rings (SSSR count). The van der Waals surface area contributed by atoms with E-state index in [1.165, 1.54) is 11.3 Å². The van der Waals surface area contributed by atoms with Gasteiger partial charge in [-0.2, -0.15) is 0 Å². The molecule has 4 N–H and O–H groups in total. The number of primary amides is 1. The number of nitrogens with two attached hydrogens (primary N) is 1. The minimum Gasteiger partial charge on any atom is -0.392 e. The summed E-state index contributed by atoms with van der Waals surface area (Å²) in [5.41, 5.74) is 5.74. The number of hydrogen-bond donors (Lipinski definition) is 3. The molecule has 1 aromatic rings. The molecule has 5 heteroatoms. The molecule has 1 aromatic heterocycles. The monoisotopic (exact) mass is 270 g/mol. The van der Waals surface area contributed by atoms with Crippen molar-refractivity contribution in [2.24, 2.45) is 11.7 Å². The zero-order valence-electron chi connectivity index (χ0n) is 11.0. The third kappa shape index (κ3) is 4.40. The predicted octanol–water partition coefficient (Wildman–Crippen LogP) is 1.73. The molecule has 0 saturated heterocycles. The van der Waals surface area contributed by atoms with Crippen LogP contribution in [0.25, 0.3) is 0 Å². The van der Waals surface area contributed by atoms with E-state index in [-0.39, 0.29) is 6.10 Å². The van der Waals surface area contributed by atoms with Gasteiger partial charge in [-0.1, -0.05) is 26.7 Å². The van der Waals surface area contributed by atoms with E-state index in [0.29, 0.717) is 24.6 Å². The van der Waals surface area contributed by atoms with Gasteiger partial charge in [0.25, 0.3) is 0 Å². The van der Waals surface area contributed by atoms with Gasteiger partial charge in [-0.05, 0) is 12.0 Å². The summed E-state index contributed by atoms with van der Waals surface area (Å²) in [6.45, 7) is 5.43. The van der Waals surface area contributed by atoms with Gasteiger partial charge in [0.15, 0.2) is 0 Å². The molecule has 0 bridgehead atoms. The number of aliphatic hydroxyl groups excluding tert-OH is 1. The Morgan fingerprint density at radius 3 is 2.67 bits per heavy atom. The largest absolute Gasteiger partial charge is 0.392 e. The highest BCUT2D eigenvalue weighted by atomic mass is 32.1. The van der Waals surface area contributed by atoms with Gasteiger partial charge in [0, 0.05) is 23.3 Å². The molecular formula is C13H22N2O2S. The normalized spacial score (nSPS) is 12.9. The summed E-state index contributed by atoms with van der Waals surface area (Å²) in [6, 6.07) is 1.80. The smallest absolute Gasteiger partial charge is 0.249 e. The molecule has 1 atom stereocenters. The Labute approximate surface area is 112 Å². The molecule has 0 aliphatic carbocycles. The fourth-order valence-electron chi connectivity index (χ4n) is 1.95. The lowest BCUT2D eigenvalue weighted by Gasteiger charge is -2.20. The maximum absolute atomic E-state index is 10.9. The minimum atomic E-state index is -0.394. The van der Waals surface area contributed by atoms with Crippen molar-refractivity contribution in [2.45, 2.75) is 39.3 Å². The zero-order valence-corrected chi connectivity index (χ0v) is 11.8. The highest BCUT2D eigenvalue weighted by molar-refractivity contribution is 7.10. The molecule has 0 spiro atoms. The number of carbonyl (C=O) groups excluding carboxylic acids is 1. The van der Waals surface area contributed by atoms with Crippen LogP contribution in [-0.2, 0) is 6.54 Å². The van der Waals surface area contributed by atoms with Crippen molar-refractivity contribution in [3.05, 3.63) is 21.9 Å². The molecule has 1 unspecified atom stereocenters. The van der Waals surface area contributed by atoms with Crippen LogP contribution in [0.15, 0.2) is 11.4 Å². The van der Waals surface area contributed by atoms with Crippen molar-refractivity contribution in [1.29, 1.82) is 0 Å². The molecule has 1 heterocycles. The van der Waals surface area contributed by atoms with Gasteiger partial charge in [0.1, 0.15) is 0 Å². The average molecular weight is 270 g/mol. The quantitative estimate of drug-likeness (QED) is 0.673. The zero-order chi connectivity index (χ0) is 13.5. The number of rotatable bonds is 8. The van der Waals surface area contributed by atoms with E-state index in [9.17, 15) is 9.90 Å². The van der Waals surface area contributed by atoms with Crippen molar-refractivity contribution in [2.75, 3.05) is 6.54 Å². The van der Waals surface area contributed by atoms with Crippen molar-refractivity contribution in [3.8, 4) is 0 Å². The number of hydrogen-bond acceptors (Lipinski definition) is 4. The van der Waals surface area contributed by atoms with Crippen molar-refractivity contribution < 1.29 is 9.90 Å². The lowest BCUT2D eigenvalue weighted by Crippen LogP contribution is -2.32. The van der Waals surface area contributed by atoms with Crippen LogP contribution >= 0.6 is 11.3 Å². The summed E-state index contributed by atoms with van der Waals surface area (Å²) in [5.74, 6) is -0.0448. The SMILES string of the molecule is CCC(CC)C(O)CNCc1cc(C(N)=O)cs1. The molecule has 0 saturated carbocycles. The van der Waals surface area contributed by atoms with Gasteiger partial charge in [-0.3, -0.25) is 4.79 Å². The molecule has 102 valence electrons. The van der Waals surface area contributed by atoms with Gasteiger partial charge in [0.05, 0.1) is 11.7 Å². The Morgan fingerprint density at radius 1 is 1.50 bits per heavy atom. The standard InChI is InChI=1S/C13H22N2O2S/c1-3-9(4-2)12(16)7-15-6-11-5-10(8-18-11)13(14)17/h5,8-9,12,15-16H,3-4,6-7H2,1-2H3,(H2,14,17). The lowest BCUT2D eigenvalue weighted by molar-refractivity contribution is 0.0997. The second kappa shape index (κ2) is 7.51. The molecule has 4 nitrogen and oxygen atoms in total. The molecule has 0 aliphatic heterocycles. The second-order valence-corrected chi connectivity index (χ2v) is 5.44. The van der Waals surface area contributed by atoms with Crippen molar-refractivity contribution >= 4 is 17.2 Å². The van der Waals surface area contributed by atoms with E-state index in [2.05, 4.69) is 19.2 Å². The van der Waals surface area contributed by atoms with E-state index in [1.807, 2.05) is 0 Å². The molecule has 0 aliphatic rings. The molecule has 0 radical (unpaired) electrons. The third-order valence-corrected chi connectivity index (χ3v) is 4.12. The first-order valence-electron chi connectivity index (χ1n) is 6.34. The highest BCUT2D eigenvalue weighted by Gasteiger charge is 2.14. The van der Waals surface area contributed by atoms with Crippen LogP contribution in [-0.4, -0.2) is 23.7 Å². The van der Waals surface area contributed by atoms with Crippen LogP contribution in [0.5, 0.6) is 0 Å². The number of thiophene rings is 1. The minimum absolute atomic E-state index is 0.310. The third-order valence-electron chi connectivity index (χ3n) is 3.18. The number of nitrogens with one attached hydrogen (secondary N) is 1. The Kier molecular flexibility index (Phi) is 6.32. The molecule has 18 heavy (non-hydrogen) atoms. The summed E-state index contributed by atoms with van der Waals surface area (Å²) in [5, 5.41) is 14.9. The van der Waals surface area contributed by atoms with Gasteiger partial charge in [0.2, 0.25) is 5.91 Å². The molecule has 1 amide bonds. The van der Waals surface area contributed by atoms with Crippen LogP contribution in [0.4, 0.5) is 0 Å². The van der Waals surface area contributed by atoms with Gasteiger partial charge >= 0.3 is 0 Å². The highest BCUT2D eigenvalue weighted by Crippen LogP contribution is 2.15. The molecule has 0 fully saturated rings. The summed E-state index contributed by atoms with van der Waals surface area (Å²) in [6.07, 6.45) is 1.67. The summed E-state index contributed by atoms with van der Waals surface area (Å²) < 4.78 is 0. The van der Waals surface area contributed by atoms with Crippen LogP contribution < -0.4 is 11.1 Å². The Bertz CT molecular complexity index is 375. The maximum atomic E-state index is 10.9. The Morgan fingerprint density at radius 2 is 2.17 bits per heavy atom. The van der Waals surface area contributed by atoms with Crippen LogP contribution in [0, 0.1) is 5.92 Å². The van der Waals surface area contributed by atoms with Gasteiger partial charge in [-0.25, -0.2) is 0 Å². The van der Waals surface area contributed by atoms with E-state index in [1.54, 1.807) is 11.4 Å². The van der Waals surface area contributed by atoms with E-state index in [4.69, 9.17) is 5.73 Å². The topological polar surface area (TPSA) is 75.3 Å². The summed E-state index contributed by atoms with van der Waals surface area (Å²) >= 11 is 1.50. The van der Waals surface area contributed by atoms with E-state index < -0.39 is 5.91 Å².